The number of aryl methyl sites for hydroxylation is 1. The normalized spacial score (nSPS) is 29.5. The smallest absolute Gasteiger partial charge is 0.280 e. The fourth-order valence-corrected chi connectivity index (χ4v) is 9.03. The second kappa shape index (κ2) is 14.7. The Morgan fingerprint density at radius 3 is 1.79 bits per heavy atom. The number of aromatic nitrogens is 6. The third kappa shape index (κ3) is 8.18. The number of ether oxygens (including phenoxy) is 2. The standard InChI is InChI=1S/C23H31N8O18P3.CH4/c1-7-4-31(17-11(7)19(37)29-23(25)27-17)21-15(35)13(33)10(47-21)6-45-51(40,41)49-52(42,43)48-50(38,39)44-5-9-12(32)14(34)20(46-9)30-3-2-8-16(30)26-22(24)28-18(8)36;/h2-4,9-10,12-15,20-21,32-35H,5-6H2,1H3,(H,38,39)(H,40,41)(H,42,43)(H3,24,26,28,36)(H3,25,27,29,37);1H4/p-3/t9-,10-,12?,13?,14+,15?,20-,21-;/m1./s1. The topological polar surface area (TPSA) is 410 Å². The van der Waals surface area contributed by atoms with Gasteiger partial charge in [0.1, 0.15) is 36.6 Å². The van der Waals surface area contributed by atoms with E-state index in [-0.39, 0.29) is 41.4 Å². The van der Waals surface area contributed by atoms with Gasteiger partial charge in [0.15, 0.2) is 23.8 Å². The number of nitrogens with two attached hydrogens (primary N) is 2. The van der Waals surface area contributed by atoms with Gasteiger partial charge in [0, 0.05) is 12.4 Å². The van der Waals surface area contributed by atoms with Crippen molar-refractivity contribution in [3.8, 4) is 0 Å². The van der Waals surface area contributed by atoms with Gasteiger partial charge in [-0.3, -0.25) is 33.3 Å². The van der Waals surface area contributed by atoms with Crippen molar-refractivity contribution in [1.29, 1.82) is 0 Å². The maximum atomic E-state index is 12.3. The minimum atomic E-state index is -6.37. The monoisotopic (exact) mass is 813 g/mol. The summed E-state index contributed by atoms with van der Waals surface area (Å²) >= 11 is 0. The number of anilines is 2. The van der Waals surface area contributed by atoms with Crippen LogP contribution < -0.4 is 37.3 Å². The van der Waals surface area contributed by atoms with Crippen LogP contribution in [0.2, 0.25) is 0 Å². The van der Waals surface area contributed by atoms with E-state index in [1.165, 1.54) is 25.4 Å². The van der Waals surface area contributed by atoms with Crippen molar-refractivity contribution < 1.29 is 75.9 Å². The highest BCUT2D eigenvalue weighted by atomic mass is 31.3. The molecule has 6 rings (SSSR count). The van der Waals surface area contributed by atoms with E-state index < -0.39 is 96.9 Å². The highest BCUT2D eigenvalue weighted by Gasteiger charge is 2.46. The first-order valence-electron chi connectivity index (χ1n) is 14.6. The van der Waals surface area contributed by atoms with Crippen LogP contribution in [0, 0.1) is 6.92 Å². The van der Waals surface area contributed by atoms with Crippen molar-refractivity contribution in [2.24, 2.45) is 0 Å². The van der Waals surface area contributed by atoms with Crippen molar-refractivity contribution in [2.45, 2.75) is 63.4 Å². The van der Waals surface area contributed by atoms with Gasteiger partial charge in [-0.15, -0.1) is 0 Å². The summed E-state index contributed by atoms with van der Waals surface area (Å²) in [6.07, 6.45) is -10.9. The Labute approximate surface area is 295 Å². The molecule has 2 aliphatic rings. The van der Waals surface area contributed by atoms with Crippen LogP contribution in [-0.4, -0.2) is 99.3 Å². The molecule has 6 unspecified atom stereocenters. The first-order valence-corrected chi connectivity index (χ1v) is 19.0. The van der Waals surface area contributed by atoms with E-state index in [2.05, 4.69) is 37.6 Å². The number of phosphoric ester groups is 2. The second-order valence-corrected chi connectivity index (χ2v) is 16.0. The summed E-state index contributed by atoms with van der Waals surface area (Å²) in [4.78, 5) is 73.8. The minimum absolute atomic E-state index is 0. The molecule has 0 aromatic carbocycles. The third-order valence-corrected chi connectivity index (χ3v) is 12.0. The molecule has 6 heterocycles. The molecule has 0 radical (unpaired) electrons. The molecule has 26 nitrogen and oxygen atoms in total. The van der Waals surface area contributed by atoms with Gasteiger partial charge in [-0.2, -0.15) is 9.97 Å². The molecule has 2 saturated heterocycles. The number of nitrogens with zero attached hydrogens (tertiary/aromatic N) is 4. The number of aromatic amines is 2. The molecule has 29 heteroatoms. The van der Waals surface area contributed by atoms with E-state index in [0.29, 0.717) is 5.56 Å². The van der Waals surface area contributed by atoms with Gasteiger partial charge >= 0.3 is 0 Å². The van der Waals surface area contributed by atoms with Crippen molar-refractivity contribution >= 4 is 57.4 Å². The van der Waals surface area contributed by atoms with Crippen molar-refractivity contribution in [2.75, 3.05) is 24.7 Å². The van der Waals surface area contributed by atoms with Gasteiger partial charge in [0.2, 0.25) is 11.9 Å². The van der Waals surface area contributed by atoms with Crippen LogP contribution in [-0.2, 0) is 40.8 Å². The van der Waals surface area contributed by atoms with Gasteiger partial charge in [-0.25, -0.2) is 8.62 Å². The van der Waals surface area contributed by atoms with Crippen molar-refractivity contribution in [3.05, 3.63) is 44.7 Å². The molecular weight excluding hydrogens is 781 g/mol. The molecule has 4 aromatic heterocycles. The Bertz CT molecular complexity index is 2280. The van der Waals surface area contributed by atoms with E-state index in [1.807, 2.05) is 0 Å². The molecule has 10 N–H and O–H groups in total. The predicted octanol–water partition coefficient (Wildman–Crippen LogP) is -3.72. The van der Waals surface area contributed by atoms with Crippen molar-refractivity contribution in [1.82, 2.24) is 29.1 Å². The summed E-state index contributed by atoms with van der Waals surface area (Å²) in [5.74, 6) is -0.571. The molecule has 294 valence electrons. The molecule has 4 aromatic rings. The maximum absolute atomic E-state index is 12.3. The molecule has 0 bridgehead atoms. The average Bonchev–Trinajstić information content (AvgIpc) is 3.74. The number of H-pyrrole nitrogens is 2. The Kier molecular flexibility index (Phi) is 11.3. The first-order chi connectivity index (χ1) is 24.2. The summed E-state index contributed by atoms with van der Waals surface area (Å²) in [5.41, 5.74) is 10.2. The fraction of sp³-hybridized carbons (Fsp3) is 0.500. The van der Waals surface area contributed by atoms with E-state index in [4.69, 9.17) is 20.9 Å². The number of nitrogens with one attached hydrogen (secondary N) is 2. The maximum Gasteiger partial charge on any atom is 0.280 e. The van der Waals surface area contributed by atoms with Crippen LogP contribution in [0.5, 0.6) is 0 Å². The van der Waals surface area contributed by atoms with Gasteiger partial charge in [-0.05, 0) is 18.6 Å². The number of hydrogen-bond donors (Lipinski definition) is 8. The predicted molar refractivity (Wildman–Crippen MR) is 170 cm³/mol. The molecule has 0 amide bonds. The second-order valence-electron chi connectivity index (χ2n) is 11.5. The zero-order valence-corrected chi connectivity index (χ0v) is 28.7. The highest BCUT2D eigenvalue weighted by molar-refractivity contribution is 7.65. The largest absolute Gasteiger partial charge is 0.756 e. The summed E-state index contributed by atoms with van der Waals surface area (Å²) < 4.78 is 66.5. The molecule has 53 heavy (non-hydrogen) atoms. The van der Waals surface area contributed by atoms with Crippen LogP contribution in [0.1, 0.15) is 25.4 Å². The lowest BCUT2D eigenvalue weighted by molar-refractivity contribution is -0.252. The summed E-state index contributed by atoms with van der Waals surface area (Å²) in [5, 5.41) is 42.1. The third-order valence-electron chi connectivity index (χ3n) is 7.91. The molecule has 0 spiro atoms. The Balaban J connectivity index is 0.00000541. The average molecular weight is 813 g/mol. The molecule has 2 aliphatic heterocycles. The number of phosphoric acid groups is 3. The minimum Gasteiger partial charge on any atom is -0.756 e. The van der Waals surface area contributed by atoms with Crippen molar-refractivity contribution in [3.63, 3.8) is 0 Å². The Hall–Kier alpha value is -3.39. The Morgan fingerprint density at radius 1 is 0.792 bits per heavy atom. The van der Waals surface area contributed by atoms with Gasteiger partial charge in [0.05, 0.1) is 24.0 Å². The lowest BCUT2D eigenvalue weighted by Gasteiger charge is -2.34. The summed E-state index contributed by atoms with van der Waals surface area (Å²) in [6.45, 7) is -0.824. The molecule has 11 atom stereocenters. The molecule has 0 aliphatic carbocycles. The van der Waals surface area contributed by atoms with E-state index in [9.17, 15) is 58.4 Å². The number of nitrogen functional groups attached to an aromatic ring is 2. The van der Waals surface area contributed by atoms with E-state index in [1.54, 1.807) is 0 Å². The van der Waals surface area contributed by atoms with Crippen LogP contribution in [0.15, 0.2) is 28.0 Å². The number of hydrogen-bond acceptors (Lipinski definition) is 22. The molecular formula is C24H32N8O18P3-3. The number of aliphatic hydroxyl groups is 4. The van der Waals surface area contributed by atoms with Crippen LogP contribution in [0.4, 0.5) is 11.9 Å². The number of fused-ring (bicyclic) bond motifs is 2. The molecule has 0 saturated carbocycles. The van der Waals surface area contributed by atoms with E-state index in [0.717, 1.165) is 9.13 Å². The number of aliphatic hydroxyl groups excluding tert-OH is 4. The quantitative estimate of drug-likeness (QED) is 0.0638. The first kappa shape index (κ1) is 40.8. The SMILES string of the molecule is C.Cc1cn([C@@H]2O[C@H](COP(=O)([O-])OP(=O)([O-])OP(=O)([O-])OC[C@H]3O[C@@H](n4ccc5c(=O)[nH]c(N)nc54)[C@@H](O)C3O)C(O)C2O)c2nc(N)[nH]c(=O)c12. The fourth-order valence-electron chi connectivity index (χ4n) is 5.64. The van der Waals surface area contributed by atoms with Crippen LogP contribution in [0.25, 0.3) is 22.1 Å². The zero-order chi connectivity index (χ0) is 38.1. The van der Waals surface area contributed by atoms with Crippen LogP contribution in [0.3, 0.4) is 0 Å². The van der Waals surface area contributed by atoms with Gasteiger partial charge in [-0.1, -0.05) is 7.43 Å². The van der Waals surface area contributed by atoms with Gasteiger partial charge < -0.3 is 74.2 Å². The zero-order valence-electron chi connectivity index (χ0n) is 26.1. The number of rotatable bonds is 12. The van der Waals surface area contributed by atoms with E-state index >= 15 is 0 Å². The lowest BCUT2D eigenvalue weighted by atomic mass is 10.1. The lowest BCUT2D eigenvalue weighted by Crippen LogP contribution is -2.34. The highest BCUT2D eigenvalue weighted by Crippen LogP contribution is 2.63. The summed E-state index contributed by atoms with van der Waals surface area (Å²) in [6, 6.07) is 1.30. The van der Waals surface area contributed by atoms with Gasteiger partial charge in [0.25, 0.3) is 34.6 Å². The Morgan fingerprint density at radius 2 is 1.26 bits per heavy atom. The van der Waals surface area contributed by atoms with Crippen LogP contribution >= 0.6 is 23.5 Å². The summed E-state index contributed by atoms with van der Waals surface area (Å²) in [7, 11) is -18.4. The molecule has 2 fully saturated rings.